The van der Waals surface area contributed by atoms with Crippen molar-refractivity contribution >= 4 is 0 Å². The summed E-state index contributed by atoms with van der Waals surface area (Å²) in [5.41, 5.74) is 3.03. The lowest BCUT2D eigenvalue weighted by Crippen LogP contribution is -2.33. The van der Waals surface area contributed by atoms with Crippen molar-refractivity contribution in [3.8, 4) is 6.07 Å². The lowest BCUT2D eigenvalue weighted by molar-refractivity contribution is 0.105. The molecule has 0 N–H and O–H groups in total. The van der Waals surface area contributed by atoms with Gasteiger partial charge in [-0.2, -0.15) is 5.26 Å². The molecular weight excluding hydrogens is 314 g/mol. The van der Waals surface area contributed by atoms with E-state index < -0.39 is 0 Å². The highest BCUT2D eigenvalue weighted by Crippen LogP contribution is 2.23. The van der Waals surface area contributed by atoms with Crippen molar-refractivity contribution in [2.24, 2.45) is 0 Å². The first-order chi connectivity index (χ1) is 12.2. The van der Waals surface area contributed by atoms with Gasteiger partial charge in [-0.25, -0.2) is 0 Å². The molecule has 132 valence electrons. The van der Waals surface area contributed by atoms with Crippen molar-refractivity contribution in [1.29, 1.82) is 5.26 Å². The molecule has 0 aliphatic carbocycles. The Morgan fingerprint density at radius 3 is 2.76 bits per heavy atom. The topological polar surface area (TPSA) is 50.4 Å². The number of benzene rings is 1. The Hall–Kier alpha value is -2.13. The van der Waals surface area contributed by atoms with Crippen LogP contribution in [0.2, 0.25) is 0 Å². The highest BCUT2D eigenvalue weighted by molar-refractivity contribution is 5.37. The lowest BCUT2D eigenvalue weighted by Gasteiger charge is -2.24. The molecule has 1 aliphatic heterocycles. The minimum absolute atomic E-state index is 0.267. The second kappa shape index (κ2) is 8.30. The monoisotopic (exact) mass is 339 g/mol. The fourth-order valence-corrected chi connectivity index (χ4v) is 3.57. The number of hydrogen-bond donors (Lipinski definition) is 0. The molecule has 25 heavy (non-hydrogen) atoms. The average Bonchev–Trinajstić information content (AvgIpc) is 3.23. The van der Waals surface area contributed by atoms with Crippen LogP contribution >= 0.6 is 0 Å². The SMILES string of the molecule is COC[C@@H]1C[C@H](OC)CN1Cc1cccn1Cc1ccccc1C#N. The highest BCUT2D eigenvalue weighted by atomic mass is 16.5. The first-order valence-corrected chi connectivity index (χ1v) is 8.63. The third-order valence-electron chi connectivity index (χ3n) is 4.95. The smallest absolute Gasteiger partial charge is 0.0995 e. The average molecular weight is 339 g/mol. The number of ether oxygens (including phenoxy) is 2. The summed E-state index contributed by atoms with van der Waals surface area (Å²) in [6.07, 6.45) is 3.35. The Kier molecular flexibility index (Phi) is 5.87. The molecule has 2 heterocycles. The fourth-order valence-electron chi connectivity index (χ4n) is 3.57. The molecule has 5 nitrogen and oxygen atoms in total. The van der Waals surface area contributed by atoms with E-state index in [9.17, 15) is 5.26 Å². The molecule has 1 aromatic heterocycles. The summed E-state index contributed by atoms with van der Waals surface area (Å²) in [5, 5.41) is 9.30. The number of rotatable bonds is 7. The van der Waals surface area contributed by atoms with Gasteiger partial charge >= 0.3 is 0 Å². The highest BCUT2D eigenvalue weighted by Gasteiger charge is 2.32. The van der Waals surface area contributed by atoms with Crippen molar-refractivity contribution in [3.63, 3.8) is 0 Å². The maximum atomic E-state index is 9.30. The van der Waals surface area contributed by atoms with E-state index in [1.165, 1.54) is 5.69 Å². The zero-order valence-electron chi connectivity index (χ0n) is 14.9. The number of likely N-dealkylation sites (tertiary alicyclic amines) is 1. The van der Waals surface area contributed by atoms with Gasteiger partial charge in [0.2, 0.25) is 0 Å². The van der Waals surface area contributed by atoms with Crippen LogP contribution in [-0.4, -0.2) is 49.0 Å². The largest absolute Gasteiger partial charge is 0.383 e. The molecule has 0 saturated carbocycles. The van der Waals surface area contributed by atoms with Gasteiger partial charge in [-0.15, -0.1) is 0 Å². The zero-order chi connectivity index (χ0) is 17.6. The van der Waals surface area contributed by atoms with E-state index in [0.29, 0.717) is 12.6 Å². The molecule has 0 bridgehead atoms. The predicted molar refractivity (Wildman–Crippen MR) is 96.2 cm³/mol. The Morgan fingerprint density at radius 1 is 1.16 bits per heavy atom. The van der Waals surface area contributed by atoms with Crippen LogP contribution in [0.5, 0.6) is 0 Å². The maximum absolute atomic E-state index is 9.30. The molecule has 1 aromatic carbocycles. The van der Waals surface area contributed by atoms with E-state index >= 15 is 0 Å². The standard InChI is InChI=1S/C20H25N3O2/c1-24-15-19-10-20(25-2)14-23(19)13-18-8-5-9-22(18)12-17-7-4-3-6-16(17)11-21/h3-9,19-20H,10,12-15H2,1-2H3/t19-,20-/m0/s1. The van der Waals surface area contributed by atoms with Gasteiger partial charge in [0, 0.05) is 51.8 Å². The molecule has 1 saturated heterocycles. The van der Waals surface area contributed by atoms with Gasteiger partial charge < -0.3 is 14.0 Å². The molecule has 5 heteroatoms. The van der Waals surface area contributed by atoms with E-state index in [2.05, 4.69) is 33.9 Å². The van der Waals surface area contributed by atoms with Gasteiger partial charge in [-0.05, 0) is 30.2 Å². The summed E-state index contributed by atoms with van der Waals surface area (Å²) in [6, 6.07) is 14.7. The molecule has 3 rings (SSSR count). The first-order valence-electron chi connectivity index (χ1n) is 8.63. The van der Waals surface area contributed by atoms with Crippen LogP contribution in [0.1, 0.15) is 23.2 Å². The van der Waals surface area contributed by atoms with Crippen molar-refractivity contribution in [1.82, 2.24) is 9.47 Å². The number of aromatic nitrogens is 1. The first kappa shape index (κ1) is 17.7. The van der Waals surface area contributed by atoms with E-state index in [0.717, 1.165) is 37.2 Å². The van der Waals surface area contributed by atoms with E-state index in [-0.39, 0.29) is 6.10 Å². The Balaban J connectivity index is 1.74. The Morgan fingerprint density at radius 2 is 2.00 bits per heavy atom. The zero-order valence-corrected chi connectivity index (χ0v) is 14.9. The molecule has 2 aromatic rings. The van der Waals surface area contributed by atoms with Crippen molar-refractivity contribution < 1.29 is 9.47 Å². The third kappa shape index (κ3) is 4.10. The van der Waals surface area contributed by atoms with Crippen LogP contribution in [0.25, 0.3) is 0 Å². The summed E-state index contributed by atoms with van der Waals surface area (Å²) in [6.45, 7) is 3.21. The Bertz CT molecular complexity index is 735. The van der Waals surface area contributed by atoms with Crippen molar-refractivity contribution in [3.05, 3.63) is 59.4 Å². The molecule has 0 radical (unpaired) electrons. The van der Waals surface area contributed by atoms with Gasteiger partial charge in [-0.1, -0.05) is 18.2 Å². The van der Waals surface area contributed by atoms with Crippen LogP contribution < -0.4 is 0 Å². The fraction of sp³-hybridized carbons (Fsp3) is 0.450. The number of nitriles is 1. The second-order valence-electron chi connectivity index (χ2n) is 6.53. The van der Waals surface area contributed by atoms with Crippen LogP contribution in [0.4, 0.5) is 0 Å². The molecule has 1 fully saturated rings. The van der Waals surface area contributed by atoms with Gasteiger partial charge in [0.15, 0.2) is 0 Å². The number of methoxy groups -OCH3 is 2. The minimum Gasteiger partial charge on any atom is -0.383 e. The summed E-state index contributed by atoms with van der Waals surface area (Å²) in [4.78, 5) is 2.43. The summed E-state index contributed by atoms with van der Waals surface area (Å²) in [7, 11) is 3.53. The summed E-state index contributed by atoms with van der Waals surface area (Å²) < 4.78 is 13.2. The predicted octanol–water partition coefficient (Wildman–Crippen LogP) is 2.64. The van der Waals surface area contributed by atoms with Crippen LogP contribution in [0.15, 0.2) is 42.6 Å². The number of nitrogens with zero attached hydrogens (tertiary/aromatic N) is 3. The molecular formula is C20H25N3O2. The normalized spacial score (nSPS) is 20.7. The lowest BCUT2D eigenvalue weighted by atomic mass is 10.1. The van der Waals surface area contributed by atoms with E-state index in [1.54, 1.807) is 14.2 Å². The maximum Gasteiger partial charge on any atom is 0.0995 e. The van der Waals surface area contributed by atoms with Crippen LogP contribution in [0, 0.1) is 11.3 Å². The molecule has 0 unspecified atom stereocenters. The molecule has 1 aliphatic rings. The van der Waals surface area contributed by atoms with Crippen LogP contribution in [0.3, 0.4) is 0 Å². The number of hydrogen-bond acceptors (Lipinski definition) is 4. The molecule has 0 spiro atoms. The van der Waals surface area contributed by atoms with E-state index in [4.69, 9.17) is 9.47 Å². The molecule has 2 atom stereocenters. The summed E-state index contributed by atoms with van der Waals surface area (Å²) in [5.74, 6) is 0. The van der Waals surface area contributed by atoms with Crippen LogP contribution in [-0.2, 0) is 22.6 Å². The van der Waals surface area contributed by atoms with Gasteiger partial charge in [0.25, 0.3) is 0 Å². The van der Waals surface area contributed by atoms with Gasteiger partial charge in [-0.3, -0.25) is 4.90 Å². The minimum atomic E-state index is 0.267. The second-order valence-corrected chi connectivity index (χ2v) is 6.53. The summed E-state index contributed by atoms with van der Waals surface area (Å²) >= 11 is 0. The van der Waals surface area contributed by atoms with Crippen molar-refractivity contribution in [2.75, 3.05) is 27.4 Å². The van der Waals surface area contributed by atoms with Gasteiger partial charge in [0.1, 0.15) is 0 Å². The van der Waals surface area contributed by atoms with Gasteiger partial charge in [0.05, 0.1) is 24.3 Å². The Labute approximate surface area is 149 Å². The van der Waals surface area contributed by atoms with Crippen molar-refractivity contribution in [2.45, 2.75) is 31.7 Å². The van der Waals surface area contributed by atoms with E-state index in [1.807, 2.05) is 24.3 Å². The third-order valence-corrected chi connectivity index (χ3v) is 4.95. The quantitative estimate of drug-likeness (QED) is 0.778. The molecule has 0 amide bonds.